The van der Waals surface area contributed by atoms with Gasteiger partial charge < -0.3 is 20.1 Å². The Kier molecular flexibility index (Phi) is 5.76. The van der Waals surface area contributed by atoms with E-state index in [1.807, 2.05) is 61.5 Å². The van der Waals surface area contributed by atoms with Crippen LogP contribution in [0.1, 0.15) is 24.1 Å². The lowest BCUT2D eigenvalue weighted by atomic mass is 9.95. The summed E-state index contributed by atoms with van der Waals surface area (Å²) in [5, 5.41) is 5.42. The van der Waals surface area contributed by atoms with Crippen LogP contribution in [0.15, 0.2) is 65.9 Å². The van der Waals surface area contributed by atoms with Crippen molar-refractivity contribution < 1.29 is 19.1 Å². The molecule has 2 N–H and O–H groups in total. The first kappa shape index (κ1) is 18.5. The van der Waals surface area contributed by atoms with Crippen molar-refractivity contribution in [1.29, 1.82) is 0 Å². The first-order valence-electron chi connectivity index (χ1n) is 8.74. The molecule has 0 bridgehead atoms. The first-order chi connectivity index (χ1) is 13.0. The largest absolute Gasteiger partial charge is 0.490 e. The van der Waals surface area contributed by atoms with Crippen LogP contribution >= 0.6 is 0 Å². The summed E-state index contributed by atoms with van der Waals surface area (Å²) in [5.41, 5.74) is 2.79. The van der Waals surface area contributed by atoms with Gasteiger partial charge in [-0.3, -0.25) is 0 Å². The Morgan fingerprint density at radius 1 is 1.00 bits per heavy atom. The summed E-state index contributed by atoms with van der Waals surface area (Å²) in [7, 11) is 0. The fourth-order valence-electron chi connectivity index (χ4n) is 2.86. The molecule has 1 aliphatic heterocycles. The highest BCUT2D eigenvalue weighted by Crippen LogP contribution is 2.27. The summed E-state index contributed by atoms with van der Waals surface area (Å²) >= 11 is 0. The molecule has 1 heterocycles. The standard InChI is InChI=1S/C21H22N2O4/c1-14-8-10-16(11-9-14)19-18(15(2)22-21(25)23-19)20(24)27-13-12-26-17-6-4-3-5-7-17/h3-11,19H,12-13H2,1-2H3,(H2,22,23,25)/t19-/m0/s1. The number of ether oxygens (including phenoxy) is 2. The molecule has 0 aromatic heterocycles. The predicted molar refractivity (Wildman–Crippen MR) is 101 cm³/mol. The van der Waals surface area contributed by atoms with Gasteiger partial charge >= 0.3 is 12.0 Å². The summed E-state index contributed by atoms with van der Waals surface area (Å²) in [6, 6.07) is 16.1. The Hall–Kier alpha value is -3.28. The number of amides is 2. The molecule has 3 rings (SSSR count). The van der Waals surface area contributed by atoms with Gasteiger partial charge in [-0.15, -0.1) is 0 Å². The maximum Gasteiger partial charge on any atom is 0.338 e. The third-order valence-corrected chi connectivity index (χ3v) is 4.23. The molecule has 6 heteroatoms. The van der Waals surface area contributed by atoms with Gasteiger partial charge in [-0.2, -0.15) is 0 Å². The molecule has 0 aliphatic carbocycles. The smallest absolute Gasteiger partial charge is 0.338 e. The first-order valence-corrected chi connectivity index (χ1v) is 8.74. The van der Waals surface area contributed by atoms with Gasteiger partial charge in [0.25, 0.3) is 0 Å². The number of nitrogens with one attached hydrogen (secondary N) is 2. The highest BCUT2D eigenvalue weighted by molar-refractivity contribution is 5.95. The second-order valence-corrected chi connectivity index (χ2v) is 6.28. The Labute approximate surface area is 158 Å². The topological polar surface area (TPSA) is 76.7 Å². The van der Waals surface area contributed by atoms with Gasteiger partial charge in [-0.25, -0.2) is 9.59 Å². The van der Waals surface area contributed by atoms with E-state index in [1.54, 1.807) is 6.92 Å². The molecule has 0 fully saturated rings. The zero-order chi connectivity index (χ0) is 19.2. The summed E-state index contributed by atoms with van der Waals surface area (Å²) in [6.45, 7) is 4.03. The van der Waals surface area contributed by atoms with Crippen molar-refractivity contribution in [2.24, 2.45) is 0 Å². The molecular formula is C21H22N2O4. The highest BCUT2D eigenvalue weighted by Gasteiger charge is 2.32. The molecule has 1 atom stereocenters. The van der Waals surface area contributed by atoms with Crippen LogP contribution in [0.4, 0.5) is 4.79 Å². The van der Waals surface area contributed by atoms with Crippen LogP contribution in [-0.2, 0) is 9.53 Å². The number of hydrogen-bond donors (Lipinski definition) is 2. The minimum Gasteiger partial charge on any atom is -0.490 e. The summed E-state index contributed by atoms with van der Waals surface area (Å²) in [4.78, 5) is 24.5. The lowest BCUT2D eigenvalue weighted by Gasteiger charge is -2.28. The van der Waals surface area contributed by atoms with Crippen molar-refractivity contribution in [3.8, 4) is 5.75 Å². The highest BCUT2D eigenvalue weighted by atomic mass is 16.6. The summed E-state index contributed by atoms with van der Waals surface area (Å²) in [5.74, 6) is 0.232. The van der Waals surface area contributed by atoms with Crippen molar-refractivity contribution in [1.82, 2.24) is 10.6 Å². The number of esters is 1. The van der Waals surface area contributed by atoms with Crippen LogP contribution in [-0.4, -0.2) is 25.2 Å². The van der Waals surface area contributed by atoms with Gasteiger partial charge in [0, 0.05) is 5.70 Å². The second kappa shape index (κ2) is 8.40. The minimum atomic E-state index is -0.554. The third kappa shape index (κ3) is 4.67. The Morgan fingerprint density at radius 3 is 2.41 bits per heavy atom. The monoisotopic (exact) mass is 366 g/mol. The fraction of sp³-hybridized carbons (Fsp3) is 0.238. The number of benzene rings is 2. The summed E-state index contributed by atoms with van der Waals surface area (Å²) < 4.78 is 10.9. The van der Waals surface area contributed by atoms with Crippen LogP contribution in [0.2, 0.25) is 0 Å². The quantitative estimate of drug-likeness (QED) is 0.608. The molecule has 0 unspecified atom stereocenters. The molecule has 0 saturated heterocycles. The normalized spacial score (nSPS) is 16.4. The SMILES string of the molecule is CC1=C(C(=O)OCCOc2ccccc2)[C@H](c2ccc(C)cc2)NC(=O)N1. The number of carbonyl (C=O) groups excluding carboxylic acids is 2. The van der Waals surface area contributed by atoms with Crippen LogP contribution < -0.4 is 15.4 Å². The number of hydrogen-bond acceptors (Lipinski definition) is 4. The average molecular weight is 366 g/mol. The number of aryl methyl sites for hydroxylation is 1. The lowest BCUT2D eigenvalue weighted by molar-refractivity contribution is -0.140. The Morgan fingerprint density at radius 2 is 1.70 bits per heavy atom. The fourth-order valence-corrected chi connectivity index (χ4v) is 2.86. The van der Waals surface area contributed by atoms with E-state index >= 15 is 0 Å². The molecule has 0 radical (unpaired) electrons. The van der Waals surface area contributed by atoms with E-state index in [1.165, 1.54) is 0 Å². The predicted octanol–water partition coefficient (Wildman–Crippen LogP) is 3.25. The van der Waals surface area contributed by atoms with Crippen molar-refractivity contribution in [2.45, 2.75) is 19.9 Å². The molecule has 27 heavy (non-hydrogen) atoms. The average Bonchev–Trinajstić information content (AvgIpc) is 2.66. The van der Waals surface area contributed by atoms with Crippen LogP contribution in [0.5, 0.6) is 5.75 Å². The molecule has 140 valence electrons. The van der Waals surface area contributed by atoms with Gasteiger partial charge in [0.05, 0.1) is 11.6 Å². The number of allylic oxidation sites excluding steroid dienone is 1. The Balaban J connectivity index is 1.67. The van der Waals surface area contributed by atoms with Crippen LogP contribution in [0.3, 0.4) is 0 Å². The van der Waals surface area contributed by atoms with Gasteiger partial charge in [-0.1, -0.05) is 48.0 Å². The second-order valence-electron chi connectivity index (χ2n) is 6.28. The number of para-hydroxylation sites is 1. The van der Waals surface area contributed by atoms with Crippen LogP contribution in [0.25, 0.3) is 0 Å². The van der Waals surface area contributed by atoms with E-state index in [0.29, 0.717) is 17.0 Å². The number of urea groups is 1. The molecule has 2 aromatic rings. The summed E-state index contributed by atoms with van der Waals surface area (Å²) in [6.07, 6.45) is 0. The van der Waals surface area contributed by atoms with E-state index in [2.05, 4.69) is 10.6 Å². The van der Waals surface area contributed by atoms with E-state index in [-0.39, 0.29) is 19.2 Å². The van der Waals surface area contributed by atoms with Gasteiger partial charge in [0.2, 0.25) is 0 Å². The van der Waals surface area contributed by atoms with Crippen molar-refractivity contribution in [3.05, 3.63) is 77.0 Å². The van der Waals surface area contributed by atoms with E-state index in [0.717, 1.165) is 11.1 Å². The van der Waals surface area contributed by atoms with E-state index in [4.69, 9.17) is 9.47 Å². The molecule has 2 amide bonds. The number of carbonyl (C=O) groups is 2. The molecule has 6 nitrogen and oxygen atoms in total. The zero-order valence-corrected chi connectivity index (χ0v) is 15.3. The van der Waals surface area contributed by atoms with Gasteiger partial charge in [0.15, 0.2) is 0 Å². The maximum atomic E-state index is 12.7. The van der Waals surface area contributed by atoms with Crippen molar-refractivity contribution in [3.63, 3.8) is 0 Å². The molecule has 2 aromatic carbocycles. The lowest BCUT2D eigenvalue weighted by Crippen LogP contribution is -2.45. The molecular weight excluding hydrogens is 344 g/mol. The van der Waals surface area contributed by atoms with Crippen molar-refractivity contribution in [2.75, 3.05) is 13.2 Å². The van der Waals surface area contributed by atoms with Gasteiger partial charge in [-0.05, 0) is 31.5 Å². The maximum absolute atomic E-state index is 12.7. The van der Waals surface area contributed by atoms with Crippen LogP contribution in [0, 0.1) is 6.92 Å². The van der Waals surface area contributed by atoms with Crippen molar-refractivity contribution >= 4 is 12.0 Å². The van der Waals surface area contributed by atoms with Gasteiger partial charge in [0.1, 0.15) is 19.0 Å². The molecule has 0 spiro atoms. The number of rotatable bonds is 6. The van der Waals surface area contributed by atoms with E-state index < -0.39 is 12.0 Å². The van der Waals surface area contributed by atoms with E-state index in [9.17, 15) is 9.59 Å². The zero-order valence-electron chi connectivity index (χ0n) is 15.3. The Bertz CT molecular complexity index is 844. The molecule has 0 saturated carbocycles. The minimum absolute atomic E-state index is 0.110. The molecule has 1 aliphatic rings. The third-order valence-electron chi connectivity index (χ3n) is 4.23.